The molecule has 26 heavy (non-hydrogen) atoms. The fraction of sp³-hybridized carbons (Fsp3) is 0.368. The number of hydrogen-bond donors (Lipinski definition) is 2. The van der Waals surface area contributed by atoms with E-state index < -0.39 is 0 Å². The molecule has 1 aliphatic heterocycles. The molecule has 2 N–H and O–H groups in total. The van der Waals surface area contributed by atoms with Gasteiger partial charge in [-0.05, 0) is 24.1 Å². The molecule has 3 aromatic rings. The number of imidazole rings is 2. The highest BCUT2D eigenvalue weighted by molar-refractivity contribution is 5.25. The maximum absolute atomic E-state index is 13.3. The first-order valence-electron chi connectivity index (χ1n) is 8.79. The van der Waals surface area contributed by atoms with Crippen molar-refractivity contribution in [2.75, 3.05) is 13.2 Å². The molecule has 7 heteroatoms. The molecule has 1 fully saturated rings. The standard InChI is InChI=1S/C19H22FN5O/c1-25-10-9-23-19(25)17-14(6-11-26-17)12-24-16(18-21-7-8-22-18)13-2-4-15(20)5-3-13/h2-5,7-10,14,16-17,24H,6,11-12H2,1H3,(H,21,22)/t14-,16?,17+/m0/s1. The van der Waals surface area contributed by atoms with Gasteiger partial charge >= 0.3 is 0 Å². The molecule has 1 aromatic carbocycles. The lowest BCUT2D eigenvalue weighted by atomic mass is 9.99. The summed E-state index contributed by atoms with van der Waals surface area (Å²) in [5, 5.41) is 3.58. The maximum atomic E-state index is 13.3. The second-order valence-electron chi connectivity index (χ2n) is 6.60. The van der Waals surface area contributed by atoms with Crippen molar-refractivity contribution in [1.82, 2.24) is 24.8 Å². The Balaban J connectivity index is 1.51. The Morgan fingerprint density at radius 2 is 2.15 bits per heavy atom. The lowest BCUT2D eigenvalue weighted by molar-refractivity contribution is 0.0807. The van der Waals surface area contributed by atoms with E-state index in [-0.39, 0.29) is 18.0 Å². The summed E-state index contributed by atoms with van der Waals surface area (Å²) < 4.78 is 21.2. The Bertz CT molecular complexity index is 830. The third-order valence-electron chi connectivity index (χ3n) is 4.91. The molecule has 2 aromatic heterocycles. The molecule has 1 aliphatic rings. The third-order valence-corrected chi connectivity index (χ3v) is 4.91. The molecule has 0 saturated carbocycles. The highest BCUT2D eigenvalue weighted by Crippen LogP contribution is 2.33. The summed E-state index contributed by atoms with van der Waals surface area (Å²) in [7, 11) is 1.98. The summed E-state index contributed by atoms with van der Waals surface area (Å²) in [6.45, 7) is 1.48. The number of ether oxygens (including phenoxy) is 1. The van der Waals surface area contributed by atoms with Gasteiger partial charge in [0.25, 0.3) is 0 Å². The van der Waals surface area contributed by atoms with Crippen molar-refractivity contribution in [3.63, 3.8) is 0 Å². The van der Waals surface area contributed by atoms with E-state index in [1.807, 2.05) is 17.8 Å². The summed E-state index contributed by atoms with van der Waals surface area (Å²) >= 11 is 0. The van der Waals surface area contributed by atoms with E-state index >= 15 is 0 Å². The number of rotatable bonds is 6. The van der Waals surface area contributed by atoms with Crippen molar-refractivity contribution in [1.29, 1.82) is 0 Å². The molecule has 3 atom stereocenters. The minimum Gasteiger partial charge on any atom is -0.370 e. The highest BCUT2D eigenvalue weighted by Gasteiger charge is 2.33. The molecule has 3 heterocycles. The Labute approximate surface area is 151 Å². The van der Waals surface area contributed by atoms with E-state index in [0.29, 0.717) is 5.92 Å². The smallest absolute Gasteiger partial charge is 0.137 e. The van der Waals surface area contributed by atoms with Gasteiger partial charge in [0.05, 0.1) is 6.04 Å². The van der Waals surface area contributed by atoms with Crippen molar-refractivity contribution in [3.8, 4) is 0 Å². The predicted octanol–water partition coefficient (Wildman–Crippen LogP) is 2.74. The van der Waals surface area contributed by atoms with Crippen LogP contribution in [0.4, 0.5) is 4.39 Å². The first-order chi connectivity index (χ1) is 12.7. The van der Waals surface area contributed by atoms with Crippen LogP contribution in [0, 0.1) is 11.7 Å². The number of aromatic nitrogens is 4. The van der Waals surface area contributed by atoms with Gasteiger partial charge in [-0.15, -0.1) is 0 Å². The number of halogens is 1. The first kappa shape index (κ1) is 16.9. The van der Waals surface area contributed by atoms with E-state index in [1.165, 1.54) is 12.1 Å². The summed E-state index contributed by atoms with van der Waals surface area (Å²) in [5.74, 6) is 1.83. The topological polar surface area (TPSA) is 67.8 Å². The zero-order valence-corrected chi connectivity index (χ0v) is 14.6. The van der Waals surface area contributed by atoms with Crippen LogP contribution in [0.2, 0.25) is 0 Å². The van der Waals surface area contributed by atoms with Crippen LogP contribution in [0.3, 0.4) is 0 Å². The molecular formula is C19H22FN5O. The average Bonchev–Trinajstić information content (AvgIpc) is 3.38. The summed E-state index contributed by atoms with van der Waals surface area (Å²) in [4.78, 5) is 12.0. The number of benzene rings is 1. The Morgan fingerprint density at radius 1 is 1.31 bits per heavy atom. The van der Waals surface area contributed by atoms with Crippen molar-refractivity contribution >= 4 is 0 Å². The molecule has 0 aliphatic carbocycles. The van der Waals surface area contributed by atoms with Crippen LogP contribution in [0.1, 0.15) is 35.8 Å². The number of nitrogens with one attached hydrogen (secondary N) is 2. The van der Waals surface area contributed by atoms with E-state index in [0.717, 1.165) is 36.8 Å². The average molecular weight is 355 g/mol. The summed E-state index contributed by atoms with van der Waals surface area (Å²) in [6.07, 6.45) is 8.20. The molecule has 0 radical (unpaired) electrons. The minimum absolute atomic E-state index is 0.0204. The van der Waals surface area contributed by atoms with Crippen LogP contribution >= 0.6 is 0 Å². The van der Waals surface area contributed by atoms with Gasteiger partial charge in [-0.2, -0.15) is 0 Å². The molecular weight excluding hydrogens is 333 g/mol. The third kappa shape index (κ3) is 3.40. The quantitative estimate of drug-likeness (QED) is 0.713. The van der Waals surface area contributed by atoms with Gasteiger partial charge < -0.3 is 19.6 Å². The second-order valence-corrected chi connectivity index (χ2v) is 6.60. The van der Waals surface area contributed by atoms with Crippen LogP contribution in [-0.4, -0.2) is 32.7 Å². The van der Waals surface area contributed by atoms with Crippen LogP contribution in [-0.2, 0) is 11.8 Å². The van der Waals surface area contributed by atoms with Gasteiger partial charge in [0.15, 0.2) is 0 Å². The lowest BCUT2D eigenvalue weighted by Gasteiger charge is -2.23. The number of H-pyrrole nitrogens is 1. The first-order valence-corrected chi connectivity index (χ1v) is 8.79. The maximum Gasteiger partial charge on any atom is 0.137 e. The predicted molar refractivity (Wildman–Crippen MR) is 94.8 cm³/mol. The number of hydrogen-bond acceptors (Lipinski definition) is 4. The van der Waals surface area contributed by atoms with E-state index in [1.54, 1.807) is 30.7 Å². The molecule has 0 amide bonds. The number of aryl methyl sites for hydroxylation is 1. The van der Waals surface area contributed by atoms with E-state index in [2.05, 4.69) is 20.3 Å². The van der Waals surface area contributed by atoms with Crippen LogP contribution < -0.4 is 5.32 Å². The zero-order valence-electron chi connectivity index (χ0n) is 14.6. The zero-order chi connectivity index (χ0) is 17.9. The Kier molecular flexibility index (Phi) is 4.81. The van der Waals surface area contributed by atoms with Gasteiger partial charge in [0, 0.05) is 50.9 Å². The normalized spacial score (nSPS) is 21.2. The van der Waals surface area contributed by atoms with Crippen LogP contribution in [0.5, 0.6) is 0 Å². The molecule has 6 nitrogen and oxygen atoms in total. The largest absolute Gasteiger partial charge is 0.370 e. The SMILES string of the molecule is Cn1ccnc1[C@@H]1OCC[C@H]1CNC(c1ccc(F)cc1)c1ncc[nH]1. The van der Waals surface area contributed by atoms with Gasteiger partial charge in [-0.1, -0.05) is 12.1 Å². The monoisotopic (exact) mass is 355 g/mol. The van der Waals surface area contributed by atoms with Crippen LogP contribution in [0.15, 0.2) is 49.1 Å². The van der Waals surface area contributed by atoms with Gasteiger partial charge in [-0.3, -0.25) is 0 Å². The molecule has 0 bridgehead atoms. The van der Waals surface area contributed by atoms with Crippen molar-refractivity contribution in [2.45, 2.75) is 18.6 Å². The fourth-order valence-electron chi connectivity index (χ4n) is 3.51. The minimum atomic E-state index is -0.244. The summed E-state index contributed by atoms with van der Waals surface area (Å²) in [6, 6.07) is 6.39. The van der Waals surface area contributed by atoms with Crippen molar-refractivity contribution in [3.05, 3.63) is 72.1 Å². The van der Waals surface area contributed by atoms with Crippen LogP contribution in [0.25, 0.3) is 0 Å². The molecule has 136 valence electrons. The molecule has 1 saturated heterocycles. The number of aromatic amines is 1. The fourth-order valence-corrected chi connectivity index (χ4v) is 3.51. The van der Waals surface area contributed by atoms with Gasteiger partial charge in [0.2, 0.25) is 0 Å². The van der Waals surface area contributed by atoms with Crippen molar-refractivity contribution < 1.29 is 9.13 Å². The highest BCUT2D eigenvalue weighted by atomic mass is 19.1. The number of nitrogens with zero attached hydrogens (tertiary/aromatic N) is 3. The molecule has 0 spiro atoms. The summed E-state index contributed by atoms with van der Waals surface area (Å²) in [5.41, 5.74) is 0.966. The van der Waals surface area contributed by atoms with Gasteiger partial charge in [0.1, 0.15) is 23.6 Å². The van der Waals surface area contributed by atoms with Crippen molar-refractivity contribution in [2.24, 2.45) is 13.0 Å². The van der Waals surface area contributed by atoms with Gasteiger partial charge in [-0.25, -0.2) is 14.4 Å². The second kappa shape index (κ2) is 7.39. The molecule has 4 rings (SSSR count). The Morgan fingerprint density at radius 3 is 2.85 bits per heavy atom. The van der Waals surface area contributed by atoms with E-state index in [4.69, 9.17) is 4.74 Å². The molecule has 1 unspecified atom stereocenters. The Hall–Kier alpha value is -2.51. The van der Waals surface area contributed by atoms with E-state index in [9.17, 15) is 4.39 Å². The lowest BCUT2D eigenvalue weighted by Crippen LogP contribution is -2.30.